The van der Waals surface area contributed by atoms with E-state index >= 15 is 0 Å². The van der Waals surface area contributed by atoms with Gasteiger partial charge in [-0.05, 0) is 259 Å². The number of aryl methyl sites for hydroxylation is 2. The van der Waals surface area contributed by atoms with E-state index in [4.69, 9.17) is 64.8 Å². The summed E-state index contributed by atoms with van der Waals surface area (Å²) < 4.78 is 64.7. The lowest BCUT2D eigenvalue weighted by molar-refractivity contribution is 0.0184. The molecule has 0 unspecified atom stereocenters. The lowest BCUT2D eigenvalue weighted by atomic mass is 9.95. The number of ether oxygens (including phenoxy) is 4. The number of nitrogens with zero attached hydrogens (tertiary/aromatic N) is 9. The zero-order valence-corrected chi connectivity index (χ0v) is 78.2. The van der Waals surface area contributed by atoms with Crippen molar-refractivity contribution in [3.05, 3.63) is 328 Å². The summed E-state index contributed by atoms with van der Waals surface area (Å²) in [6.07, 6.45) is 4.64. The van der Waals surface area contributed by atoms with Crippen molar-refractivity contribution in [1.82, 2.24) is 45.4 Å². The Labute approximate surface area is 807 Å². The molecule has 28 heteroatoms. The van der Waals surface area contributed by atoms with E-state index in [1.54, 1.807) is 140 Å². The first kappa shape index (κ1) is 95.0. The number of carbonyl (C=O) groups excluding carboxylic acids is 3. The maximum Gasteiger partial charge on any atom is 0.199 e. The van der Waals surface area contributed by atoms with Crippen molar-refractivity contribution < 1.29 is 80.8 Å². The molecule has 0 radical (unpaired) electrons. The minimum atomic E-state index is -0.309. The van der Waals surface area contributed by atoms with Crippen molar-refractivity contribution in [2.24, 2.45) is 0 Å². The SMILES string of the molecule is CCCN1CC(Oc2ccc(-c3c(-c4c(C)noc4C)noc3-c3ccc(O)cc3)cc2)C1.CCCN1CC(Oc2ccc(C(=O)c3c(-c4ccccc4)noc3-c3ccc(O)cc3)cc2)C1.CCCN1CC(Oc2ccc(C(=O)c3c(-c4ccccc4Cl)noc3-c3ccc(O)cc3)cc2)C1.O=C(c1ccc(OC2CN(CCCF)C2)cc1)c1c(-c2ccccc2Cl)noc1-c1ccc(O)cc1. The van der Waals surface area contributed by atoms with Gasteiger partial charge in [0.25, 0.3) is 0 Å². The summed E-state index contributed by atoms with van der Waals surface area (Å²) in [7, 11) is 0. The van der Waals surface area contributed by atoms with Crippen molar-refractivity contribution in [2.75, 3.05) is 85.2 Å². The molecule has 20 rings (SSSR count). The van der Waals surface area contributed by atoms with Gasteiger partial charge in [0.2, 0.25) is 0 Å². The van der Waals surface area contributed by atoms with Gasteiger partial charge in [-0.2, -0.15) is 0 Å². The number of rotatable bonds is 32. The lowest BCUT2D eigenvalue weighted by Crippen LogP contribution is -2.53. The number of ketones is 3. The monoisotopic (exact) mass is 1890 g/mol. The molecule has 0 atom stereocenters. The van der Waals surface area contributed by atoms with Crippen LogP contribution in [-0.4, -0.2) is 193 Å². The van der Waals surface area contributed by atoms with E-state index in [1.165, 1.54) is 24.3 Å². The number of likely N-dealkylation sites (tertiary alicyclic amines) is 4. The van der Waals surface area contributed by atoms with Gasteiger partial charge in [0.1, 0.15) is 98.9 Å². The summed E-state index contributed by atoms with van der Waals surface area (Å²) in [4.78, 5) is 50.4. The van der Waals surface area contributed by atoms with Crippen molar-refractivity contribution in [2.45, 2.75) is 84.7 Å². The zero-order chi connectivity index (χ0) is 95.9. The number of halogens is 3. The highest BCUT2D eigenvalue weighted by Crippen LogP contribution is 2.46. The van der Waals surface area contributed by atoms with Crippen LogP contribution in [0.5, 0.6) is 46.0 Å². The molecule has 11 aromatic carbocycles. The zero-order valence-electron chi connectivity index (χ0n) is 76.7. The van der Waals surface area contributed by atoms with Gasteiger partial charge in [0.15, 0.2) is 40.4 Å². The van der Waals surface area contributed by atoms with E-state index < -0.39 is 0 Å². The topological polar surface area (TPSA) is 312 Å². The fraction of sp³-hybridized carbons (Fsp3) is 0.236. The van der Waals surface area contributed by atoms with Crippen LogP contribution in [0.25, 0.3) is 101 Å². The Morgan fingerprint density at radius 3 is 0.964 bits per heavy atom. The molecule has 5 aromatic heterocycles. The first-order valence-electron chi connectivity index (χ1n) is 46.0. The van der Waals surface area contributed by atoms with E-state index in [0.29, 0.717) is 124 Å². The van der Waals surface area contributed by atoms with E-state index in [2.05, 4.69) is 66.2 Å². The minimum absolute atomic E-state index is 0.0529. The Kier molecular flexibility index (Phi) is 30.2. The maximum absolute atomic E-state index is 13.7. The average molecular weight is 1900 g/mol. The maximum atomic E-state index is 13.7. The van der Waals surface area contributed by atoms with E-state index in [0.717, 1.165) is 149 Å². The third-order valence-electron chi connectivity index (χ3n) is 24.2. The summed E-state index contributed by atoms with van der Waals surface area (Å²) in [5, 5.41) is 60.8. The van der Waals surface area contributed by atoms with Crippen molar-refractivity contribution in [3.8, 4) is 147 Å². The van der Waals surface area contributed by atoms with Crippen LogP contribution in [0.4, 0.5) is 4.39 Å². The summed E-state index contributed by atoms with van der Waals surface area (Å²) in [5.41, 5.74) is 12.4. The summed E-state index contributed by atoms with van der Waals surface area (Å²) in [6.45, 7) is 21.2. The molecule has 4 aliphatic rings. The molecule has 0 bridgehead atoms. The standard InChI is InChI=1S/C28H24ClFN2O4.C28H25ClN2O4.C28H26N2O4.C26H27N3O4/c29-24-5-2-1-4-23(24)26-25(28(36-31-26)19-6-10-20(33)11-7-19)27(34)18-8-12-21(13-9-18)35-22-16-32(17-22)15-3-14-30;1-2-15-31-16-22(17-31)34-21-13-9-18(10-14-21)27(33)25-26(23-5-3-4-6-24(23)29)30-35-28(25)19-7-11-20(32)12-8-19;1-2-16-30-17-24(18-30)33-23-14-10-20(11-15-23)27(32)25-26(19-6-4-3-5-7-19)29-34-28(25)21-8-12-22(31)13-9-21;1-4-13-29-14-22(15-29)31-21-11-7-18(8-12-21)24-25(23-16(2)27-32-17(23)3)28-33-26(24)19-5-9-20(30)10-6-19/h1-2,4-13,22,33H,3,14-17H2;3-14,22,32H,2,15-17H2,1H3;3-15,24,31H,2,16-18H2,1H3;5-12,22,30H,4,13-15H2,1-3H3. The van der Waals surface area contributed by atoms with E-state index in [1.807, 2.05) is 123 Å². The molecule has 4 N–H and O–H groups in total. The summed E-state index contributed by atoms with van der Waals surface area (Å²) >= 11 is 12.8. The van der Waals surface area contributed by atoms with E-state index in [-0.39, 0.29) is 82.8 Å². The molecule has 0 spiro atoms. The highest BCUT2D eigenvalue weighted by molar-refractivity contribution is 6.34. The summed E-state index contributed by atoms with van der Waals surface area (Å²) in [5.74, 6) is 5.12. The molecule has 138 heavy (non-hydrogen) atoms. The number of carbonyl (C=O) groups is 3. The molecule has 704 valence electrons. The predicted octanol–water partition coefficient (Wildman–Crippen LogP) is 23.0. The quantitative estimate of drug-likeness (QED) is 0.0285. The Bertz CT molecular complexity index is 6790. The molecule has 4 fully saturated rings. The number of phenols is 4. The highest BCUT2D eigenvalue weighted by atomic mass is 35.5. The predicted molar refractivity (Wildman–Crippen MR) is 526 cm³/mol. The Morgan fingerprint density at radius 1 is 0.333 bits per heavy atom. The fourth-order valence-corrected chi connectivity index (χ4v) is 17.5. The van der Waals surface area contributed by atoms with Gasteiger partial charge >= 0.3 is 0 Å². The molecule has 4 aliphatic heterocycles. The molecular weight excluding hydrogens is 1790 g/mol. The number of benzene rings is 11. The number of alkyl halides is 1. The van der Waals surface area contributed by atoms with Gasteiger partial charge in [-0.15, -0.1) is 0 Å². The normalized spacial score (nSPS) is 14.1. The largest absolute Gasteiger partial charge is 0.508 e. The second-order valence-electron chi connectivity index (χ2n) is 34.3. The average Bonchev–Trinajstić information content (AvgIpc) is 1.60. The third kappa shape index (κ3) is 22.2. The number of aromatic nitrogens is 5. The second kappa shape index (κ2) is 43.9. The van der Waals surface area contributed by atoms with Crippen LogP contribution in [0.2, 0.25) is 10.0 Å². The molecule has 9 heterocycles. The molecule has 0 aliphatic carbocycles. The van der Waals surface area contributed by atoms with Crippen LogP contribution >= 0.6 is 23.2 Å². The van der Waals surface area contributed by atoms with Crippen LogP contribution in [0.15, 0.2) is 296 Å². The van der Waals surface area contributed by atoms with E-state index in [9.17, 15) is 39.2 Å². The number of phenolic OH excluding ortho intramolecular Hbond substituents is 4. The highest BCUT2D eigenvalue weighted by Gasteiger charge is 2.36. The third-order valence-corrected chi connectivity index (χ3v) is 24.8. The minimum Gasteiger partial charge on any atom is -0.508 e. The number of hydrogen-bond donors (Lipinski definition) is 4. The van der Waals surface area contributed by atoms with Gasteiger partial charge in [-0.1, -0.05) is 149 Å². The van der Waals surface area contributed by atoms with Crippen LogP contribution in [0, 0.1) is 13.8 Å². The molecule has 0 amide bonds. The first-order chi connectivity index (χ1) is 67.2. The van der Waals surface area contributed by atoms with Crippen LogP contribution in [-0.2, 0) is 0 Å². The Morgan fingerprint density at radius 2 is 0.630 bits per heavy atom. The van der Waals surface area contributed by atoms with Crippen molar-refractivity contribution in [1.29, 1.82) is 0 Å². The van der Waals surface area contributed by atoms with Gasteiger partial charge < -0.3 is 62.0 Å². The molecule has 25 nitrogen and oxygen atoms in total. The van der Waals surface area contributed by atoms with Crippen LogP contribution in [0.3, 0.4) is 0 Å². The number of aromatic hydroxyl groups is 4. The molecular formula is C110H102Cl2FN9O16. The lowest BCUT2D eigenvalue weighted by Gasteiger charge is -2.38. The molecule has 0 saturated carbocycles. The smallest absolute Gasteiger partial charge is 0.199 e. The molecule has 4 saturated heterocycles. The number of hydrogen-bond acceptors (Lipinski definition) is 25. The summed E-state index contributed by atoms with van der Waals surface area (Å²) in [6, 6.07) is 79.4. The van der Waals surface area contributed by atoms with Crippen molar-refractivity contribution in [3.63, 3.8) is 0 Å². The van der Waals surface area contributed by atoms with Gasteiger partial charge in [0.05, 0.1) is 50.2 Å². The molecule has 16 aromatic rings. The Balaban J connectivity index is 0.000000127. The first-order valence-corrected chi connectivity index (χ1v) is 46.8. The van der Waals surface area contributed by atoms with Gasteiger partial charge in [0, 0.05) is 115 Å². The van der Waals surface area contributed by atoms with Crippen LogP contribution in [0.1, 0.15) is 106 Å². The fourth-order valence-electron chi connectivity index (χ4n) is 17.1. The van der Waals surface area contributed by atoms with Crippen molar-refractivity contribution >= 4 is 40.6 Å². The van der Waals surface area contributed by atoms with Crippen LogP contribution < -0.4 is 18.9 Å². The Hall–Kier alpha value is -14.8. The second-order valence-corrected chi connectivity index (χ2v) is 35.1. The van der Waals surface area contributed by atoms with Gasteiger partial charge in [-0.3, -0.25) is 38.4 Å². The van der Waals surface area contributed by atoms with Gasteiger partial charge in [-0.25, -0.2) is 0 Å².